The van der Waals surface area contributed by atoms with Gasteiger partial charge in [0.15, 0.2) is 0 Å². The number of carbonyl (C=O) groups is 1. The van der Waals surface area contributed by atoms with E-state index in [0.717, 1.165) is 50.6 Å². The first-order valence-electron chi connectivity index (χ1n) is 9.45. The molecule has 2 aliphatic rings. The fourth-order valence-corrected chi connectivity index (χ4v) is 4.12. The van der Waals surface area contributed by atoms with E-state index < -0.39 is 5.54 Å². The summed E-state index contributed by atoms with van der Waals surface area (Å²) in [4.78, 5) is 15.0. The lowest BCUT2D eigenvalue weighted by atomic mass is 9.82. The van der Waals surface area contributed by atoms with Gasteiger partial charge < -0.3 is 5.32 Å². The van der Waals surface area contributed by atoms with Gasteiger partial charge in [0.2, 0.25) is 5.91 Å². The molecule has 0 unspecified atom stereocenters. The van der Waals surface area contributed by atoms with E-state index in [4.69, 9.17) is 0 Å². The highest BCUT2D eigenvalue weighted by Gasteiger charge is 2.36. The Hall–Kier alpha value is -1.08. The molecule has 0 aromatic heterocycles. The summed E-state index contributed by atoms with van der Waals surface area (Å²) in [5.41, 5.74) is -0.615. The molecule has 0 spiro atoms. The van der Waals surface area contributed by atoms with Gasteiger partial charge in [-0.1, -0.05) is 33.1 Å². The molecule has 1 aliphatic carbocycles. The number of likely N-dealkylation sites (tertiary alicyclic amines) is 1. The van der Waals surface area contributed by atoms with Crippen LogP contribution in [-0.2, 0) is 4.79 Å². The van der Waals surface area contributed by atoms with E-state index in [-0.39, 0.29) is 11.9 Å². The lowest BCUT2D eigenvalue weighted by molar-refractivity contribution is -0.127. The van der Waals surface area contributed by atoms with E-state index in [2.05, 4.69) is 30.1 Å². The Balaban J connectivity index is 1.92. The van der Waals surface area contributed by atoms with Gasteiger partial charge in [0, 0.05) is 0 Å². The largest absolute Gasteiger partial charge is 0.336 e. The molecule has 1 N–H and O–H groups in total. The maximum atomic E-state index is 12.7. The number of nitriles is 1. The number of nitrogens with one attached hydrogen (secondary N) is 1. The molecule has 2 fully saturated rings. The van der Waals surface area contributed by atoms with Crippen molar-refractivity contribution < 1.29 is 4.79 Å². The fourth-order valence-electron chi connectivity index (χ4n) is 4.12. The Labute approximate surface area is 141 Å². The molecule has 1 heterocycles. The standard InChI is InChI=1S/C19H33N3O/c1-15(2)17-8-7-12-22(13-9-17)16(3)18(23)21-19(14-20)10-5-4-6-11-19/h15-17H,4-13H2,1-3H3,(H,21,23)/t16-,17-/m0/s1. The van der Waals surface area contributed by atoms with E-state index in [9.17, 15) is 10.1 Å². The maximum absolute atomic E-state index is 12.7. The van der Waals surface area contributed by atoms with Crippen molar-refractivity contribution in [3.63, 3.8) is 0 Å². The van der Waals surface area contributed by atoms with Crippen LogP contribution in [0.3, 0.4) is 0 Å². The average Bonchev–Trinajstić information content (AvgIpc) is 2.81. The predicted octanol–water partition coefficient (Wildman–Crippen LogP) is 3.48. The Morgan fingerprint density at radius 2 is 1.83 bits per heavy atom. The van der Waals surface area contributed by atoms with Crippen LogP contribution in [0.2, 0.25) is 0 Å². The third-order valence-electron chi connectivity index (χ3n) is 5.96. The quantitative estimate of drug-likeness (QED) is 0.863. The van der Waals surface area contributed by atoms with Gasteiger partial charge in [-0.2, -0.15) is 5.26 Å². The van der Waals surface area contributed by atoms with E-state index in [1.807, 2.05) is 6.92 Å². The molecule has 4 nitrogen and oxygen atoms in total. The minimum atomic E-state index is -0.615. The van der Waals surface area contributed by atoms with Crippen LogP contribution >= 0.6 is 0 Å². The Morgan fingerprint density at radius 3 is 2.43 bits per heavy atom. The molecule has 4 heteroatoms. The van der Waals surface area contributed by atoms with Crippen LogP contribution in [0.5, 0.6) is 0 Å². The maximum Gasteiger partial charge on any atom is 0.238 e. The molecule has 23 heavy (non-hydrogen) atoms. The van der Waals surface area contributed by atoms with Crippen molar-refractivity contribution in [2.45, 2.75) is 83.7 Å². The number of amides is 1. The van der Waals surface area contributed by atoms with Gasteiger partial charge in [0.25, 0.3) is 0 Å². The molecule has 1 saturated heterocycles. The first kappa shape index (κ1) is 18.3. The van der Waals surface area contributed by atoms with Gasteiger partial charge in [0.05, 0.1) is 12.1 Å². The van der Waals surface area contributed by atoms with Crippen LogP contribution in [0.25, 0.3) is 0 Å². The second kappa shape index (κ2) is 8.15. The molecular formula is C19H33N3O. The van der Waals surface area contributed by atoms with Crippen LogP contribution in [0.4, 0.5) is 0 Å². The lowest BCUT2D eigenvalue weighted by Crippen LogP contribution is -2.55. The third kappa shape index (κ3) is 4.70. The summed E-state index contributed by atoms with van der Waals surface area (Å²) in [5.74, 6) is 1.54. The van der Waals surface area contributed by atoms with Crippen LogP contribution in [-0.4, -0.2) is 35.5 Å². The van der Waals surface area contributed by atoms with E-state index in [0.29, 0.717) is 0 Å². The molecule has 0 aromatic carbocycles. The zero-order valence-electron chi connectivity index (χ0n) is 15.1. The first-order chi connectivity index (χ1) is 11.0. The lowest BCUT2D eigenvalue weighted by Gasteiger charge is -2.34. The van der Waals surface area contributed by atoms with Gasteiger partial charge in [0.1, 0.15) is 5.54 Å². The molecule has 2 rings (SSSR count). The Bertz CT molecular complexity index is 434. The van der Waals surface area contributed by atoms with Gasteiger partial charge in [-0.15, -0.1) is 0 Å². The average molecular weight is 319 g/mol. The second-order valence-corrected chi connectivity index (χ2v) is 7.89. The molecule has 1 amide bonds. The minimum Gasteiger partial charge on any atom is -0.336 e. The molecule has 130 valence electrons. The third-order valence-corrected chi connectivity index (χ3v) is 5.96. The van der Waals surface area contributed by atoms with Crippen LogP contribution < -0.4 is 5.32 Å². The number of nitrogens with zero attached hydrogens (tertiary/aromatic N) is 2. The second-order valence-electron chi connectivity index (χ2n) is 7.89. The van der Waals surface area contributed by atoms with Crippen LogP contribution in [0, 0.1) is 23.2 Å². The number of carbonyl (C=O) groups excluding carboxylic acids is 1. The highest BCUT2D eigenvalue weighted by Crippen LogP contribution is 2.28. The normalized spacial score (nSPS) is 27.0. The van der Waals surface area contributed by atoms with Crippen molar-refractivity contribution in [3.8, 4) is 6.07 Å². The van der Waals surface area contributed by atoms with Gasteiger partial charge in [-0.3, -0.25) is 9.69 Å². The number of hydrogen-bond donors (Lipinski definition) is 1. The SMILES string of the molecule is CC(C)[C@H]1CCCN([C@@H](C)C(=O)NC2(C#N)CCCCC2)CC1. The summed E-state index contributed by atoms with van der Waals surface area (Å²) >= 11 is 0. The van der Waals surface area contributed by atoms with Crippen molar-refractivity contribution in [1.29, 1.82) is 5.26 Å². The smallest absolute Gasteiger partial charge is 0.238 e. The zero-order valence-corrected chi connectivity index (χ0v) is 15.1. The topological polar surface area (TPSA) is 56.1 Å². The molecule has 0 bridgehead atoms. The van der Waals surface area contributed by atoms with Crippen molar-refractivity contribution in [2.75, 3.05) is 13.1 Å². The molecule has 0 aromatic rings. The number of hydrogen-bond acceptors (Lipinski definition) is 3. The van der Waals surface area contributed by atoms with Crippen molar-refractivity contribution >= 4 is 5.91 Å². The van der Waals surface area contributed by atoms with Crippen molar-refractivity contribution in [1.82, 2.24) is 10.2 Å². The molecule has 0 radical (unpaired) electrons. The van der Waals surface area contributed by atoms with Crippen molar-refractivity contribution in [3.05, 3.63) is 0 Å². The summed E-state index contributed by atoms with van der Waals surface area (Å²) in [6.07, 6.45) is 8.49. The Morgan fingerprint density at radius 1 is 1.13 bits per heavy atom. The molecular weight excluding hydrogens is 286 g/mol. The summed E-state index contributed by atoms with van der Waals surface area (Å²) in [6.45, 7) is 8.60. The Kier molecular flexibility index (Phi) is 6.47. The monoisotopic (exact) mass is 319 g/mol. The fraction of sp³-hybridized carbons (Fsp3) is 0.895. The molecule has 1 saturated carbocycles. The minimum absolute atomic E-state index is 0.0384. The van der Waals surface area contributed by atoms with E-state index >= 15 is 0 Å². The molecule has 1 aliphatic heterocycles. The van der Waals surface area contributed by atoms with Crippen LogP contribution in [0.15, 0.2) is 0 Å². The summed E-state index contributed by atoms with van der Waals surface area (Å²) in [5, 5.41) is 12.6. The highest BCUT2D eigenvalue weighted by molar-refractivity contribution is 5.82. The molecule has 2 atom stereocenters. The van der Waals surface area contributed by atoms with E-state index in [1.165, 1.54) is 25.7 Å². The van der Waals surface area contributed by atoms with Gasteiger partial charge in [-0.25, -0.2) is 0 Å². The first-order valence-corrected chi connectivity index (χ1v) is 9.45. The van der Waals surface area contributed by atoms with Crippen molar-refractivity contribution in [2.24, 2.45) is 11.8 Å². The summed E-state index contributed by atoms with van der Waals surface area (Å²) in [7, 11) is 0. The number of rotatable bonds is 4. The van der Waals surface area contributed by atoms with Crippen LogP contribution in [0.1, 0.15) is 72.1 Å². The predicted molar refractivity (Wildman–Crippen MR) is 92.8 cm³/mol. The zero-order chi connectivity index (χ0) is 16.9. The van der Waals surface area contributed by atoms with E-state index in [1.54, 1.807) is 0 Å². The van der Waals surface area contributed by atoms with Gasteiger partial charge >= 0.3 is 0 Å². The summed E-state index contributed by atoms with van der Waals surface area (Å²) < 4.78 is 0. The summed E-state index contributed by atoms with van der Waals surface area (Å²) in [6, 6.07) is 2.26. The van der Waals surface area contributed by atoms with Gasteiger partial charge in [-0.05, 0) is 64.0 Å². The highest BCUT2D eigenvalue weighted by atomic mass is 16.2.